The fourth-order valence-corrected chi connectivity index (χ4v) is 4.07. The molecular formula is C20H29ClN2O2. The summed E-state index contributed by atoms with van der Waals surface area (Å²) in [6.45, 7) is 9.39. The Labute approximate surface area is 155 Å². The minimum absolute atomic E-state index is 0.173. The number of nitrogens with one attached hydrogen (secondary N) is 1. The number of amides is 1. The van der Waals surface area contributed by atoms with Crippen LogP contribution in [0.3, 0.4) is 0 Å². The zero-order chi connectivity index (χ0) is 18.2. The molecule has 2 fully saturated rings. The molecule has 5 heteroatoms. The van der Waals surface area contributed by atoms with E-state index in [1.807, 2.05) is 44.7 Å². The van der Waals surface area contributed by atoms with Gasteiger partial charge < -0.3 is 15.0 Å². The van der Waals surface area contributed by atoms with Crippen LogP contribution in [0.15, 0.2) is 18.2 Å². The maximum absolute atomic E-state index is 12.2. The number of carbonyl (C=O) groups excluding carboxylic acids is 1. The van der Waals surface area contributed by atoms with Crippen molar-refractivity contribution in [1.82, 2.24) is 4.90 Å². The molecule has 0 unspecified atom stereocenters. The molecule has 1 heterocycles. The molecule has 1 aromatic carbocycles. The number of halogens is 1. The van der Waals surface area contributed by atoms with Gasteiger partial charge in [-0.2, -0.15) is 0 Å². The van der Waals surface area contributed by atoms with Gasteiger partial charge in [0, 0.05) is 29.8 Å². The first-order chi connectivity index (χ1) is 11.7. The largest absolute Gasteiger partial charge is 0.444 e. The van der Waals surface area contributed by atoms with Crippen molar-refractivity contribution in [3.63, 3.8) is 0 Å². The highest BCUT2D eigenvalue weighted by Gasteiger charge is 2.46. The van der Waals surface area contributed by atoms with Crippen LogP contribution in [-0.2, 0) is 4.74 Å². The van der Waals surface area contributed by atoms with Crippen molar-refractivity contribution in [1.29, 1.82) is 0 Å². The lowest BCUT2D eigenvalue weighted by Crippen LogP contribution is -2.53. The Morgan fingerprint density at radius 2 is 1.92 bits per heavy atom. The van der Waals surface area contributed by atoms with Gasteiger partial charge in [0.2, 0.25) is 0 Å². The molecule has 1 saturated carbocycles. The predicted octanol–water partition coefficient (Wildman–Crippen LogP) is 5.24. The first kappa shape index (κ1) is 18.4. The number of carbonyl (C=O) groups is 1. The third-order valence-electron chi connectivity index (χ3n) is 5.36. The van der Waals surface area contributed by atoms with Gasteiger partial charge in [-0.3, -0.25) is 0 Å². The van der Waals surface area contributed by atoms with E-state index in [1.54, 1.807) is 0 Å². The number of nitrogens with zero attached hydrogens (tertiary/aromatic N) is 1. The van der Waals surface area contributed by atoms with Crippen LogP contribution in [0, 0.1) is 12.3 Å². The molecule has 2 aliphatic rings. The monoisotopic (exact) mass is 364 g/mol. The normalized spacial score (nSPS) is 20.3. The van der Waals surface area contributed by atoms with Gasteiger partial charge in [0.25, 0.3) is 0 Å². The Balaban J connectivity index is 1.46. The molecule has 1 saturated heterocycles. The van der Waals surface area contributed by atoms with Gasteiger partial charge in [-0.25, -0.2) is 4.79 Å². The van der Waals surface area contributed by atoms with E-state index in [-0.39, 0.29) is 6.09 Å². The Kier molecular flexibility index (Phi) is 4.93. The van der Waals surface area contributed by atoms with Crippen molar-refractivity contribution in [3.8, 4) is 0 Å². The average Bonchev–Trinajstić information content (AvgIpc) is 2.48. The van der Waals surface area contributed by atoms with E-state index < -0.39 is 5.60 Å². The number of benzene rings is 1. The summed E-state index contributed by atoms with van der Waals surface area (Å²) in [4.78, 5) is 14.0. The van der Waals surface area contributed by atoms with E-state index in [9.17, 15) is 4.79 Å². The third-order valence-corrected chi connectivity index (χ3v) is 5.79. The van der Waals surface area contributed by atoms with Crippen LogP contribution < -0.4 is 5.32 Å². The van der Waals surface area contributed by atoms with Gasteiger partial charge in [0.05, 0.1) is 0 Å². The number of likely N-dealkylation sites (tertiary alicyclic amines) is 1. The van der Waals surface area contributed by atoms with E-state index >= 15 is 0 Å². The van der Waals surface area contributed by atoms with Crippen LogP contribution in [0.2, 0.25) is 5.02 Å². The number of aryl methyl sites for hydroxylation is 1. The highest BCUT2D eigenvalue weighted by Crippen LogP contribution is 2.50. The molecule has 0 atom stereocenters. The van der Waals surface area contributed by atoms with E-state index in [2.05, 4.69) is 11.4 Å². The molecule has 0 radical (unpaired) electrons. The standard InChI is InChI=1S/C20H29ClN2O2/c1-14-11-15(5-6-17(14)21)22-16-12-20(13-16)7-9-23(10-8-20)18(24)25-19(2,3)4/h5-6,11,16,22H,7-10,12-13H2,1-4H3. The van der Waals surface area contributed by atoms with Crippen LogP contribution >= 0.6 is 11.6 Å². The zero-order valence-corrected chi connectivity index (χ0v) is 16.4. The van der Waals surface area contributed by atoms with Crippen molar-refractivity contribution < 1.29 is 9.53 Å². The summed E-state index contributed by atoms with van der Waals surface area (Å²) in [6.07, 6.45) is 4.33. The maximum atomic E-state index is 12.2. The summed E-state index contributed by atoms with van der Waals surface area (Å²) in [6, 6.07) is 6.63. The Bertz CT molecular complexity index is 638. The number of hydrogen-bond donors (Lipinski definition) is 1. The second-order valence-corrected chi connectivity index (χ2v) is 9.09. The van der Waals surface area contributed by atoms with Crippen LogP contribution in [0.25, 0.3) is 0 Å². The molecule has 1 spiro atoms. The van der Waals surface area contributed by atoms with Gasteiger partial charge in [-0.15, -0.1) is 0 Å². The summed E-state index contributed by atoms with van der Waals surface area (Å²) >= 11 is 6.09. The SMILES string of the molecule is Cc1cc(NC2CC3(CCN(C(=O)OC(C)(C)C)CC3)C2)ccc1Cl. The van der Waals surface area contributed by atoms with E-state index in [0.29, 0.717) is 11.5 Å². The molecule has 3 rings (SSSR count). The van der Waals surface area contributed by atoms with Crippen LogP contribution in [0.1, 0.15) is 52.0 Å². The second kappa shape index (κ2) is 6.71. The highest BCUT2D eigenvalue weighted by atomic mass is 35.5. The minimum Gasteiger partial charge on any atom is -0.444 e. The number of rotatable bonds is 2. The summed E-state index contributed by atoms with van der Waals surface area (Å²) in [5.74, 6) is 0. The molecule has 1 aliphatic carbocycles. The number of ether oxygens (including phenoxy) is 1. The van der Waals surface area contributed by atoms with Gasteiger partial charge >= 0.3 is 6.09 Å². The number of anilines is 1. The van der Waals surface area contributed by atoms with Crippen LogP contribution in [0.4, 0.5) is 10.5 Å². The lowest BCUT2D eigenvalue weighted by molar-refractivity contribution is -0.00859. The summed E-state index contributed by atoms with van der Waals surface area (Å²) in [7, 11) is 0. The molecule has 25 heavy (non-hydrogen) atoms. The van der Waals surface area contributed by atoms with Crippen molar-refractivity contribution >= 4 is 23.4 Å². The second-order valence-electron chi connectivity index (χ2n) is 8.68. The maximum Gasteiger partial charge on any atom is 0.410 e. The topological polar surface area (TPSA) is 41.6 Å². The predicted molar refractivity (Wildman–Crippen MR) is 102 cm³/mol. The Morgan fingerprint density at radius 3 is 2.48 bits per heavy atom. The van der Waals surface area contributed by atoms with Crippen molar-refractivity contribution in [2.75, 3.05) is 18.4 Å². The van der Waals surface area contributed by atoms with Crippen molar-refractivity contribution in [2.45, 2.75) is 65.0 Å². The summed E-state index contributed by atoms with van der Waals surface area (Å²) < 4.78 is 5.48. The first-order valence-electron chi connectivity index (χ1n) is 9.16. The molecular weight excluding hydrogens is 336 g/mol. The number of piperidine rings is 1. The molecule has 1 amide bonds. The van der Waals surface area contributed by atoms with Crippen LogP contribution in [0.5, 0.6) is 0 Å². The van der Waals surface area contributed by atoms with Crippen molar-refractivity contribution in [2.24, 2.45) is 5.41 Å². The Hall–Kier alpha value is -1.42. The van der Waals surface area contributed by atoms with Gasteiger partial charge in [0.15, 0.2) is 0 Å². The van der Waals surface area contributed by atoms with E-state index in [4.69, 9.17) is 16.3 Å². The first-order valence-corrected chi connectivity index (χ1v) is 9.54. The summed E-state index contributed by atoms with van der Waals surface area (Å²) in [5.41, 5.74) is 2.23. The van der Waals surface area contributed by atoms with E-state index in [1.165, 1.54) is 12.8 Å². The quantitative estimate of drug-likeness (QED) is 0.780. The lowest BCUT2D eigenvalue weighted by atomic mass is 9.60. The third kappa shape index (κ3) is 4.41. The molecule has 0 bridgehead atoms. The minimum atomic E-state index is -0.422. The number of hydrogen-bond acceptors (Lipinski definition) is 3. The summed E-state index contributed by atoms with van der Waals surface area (Å²) in [5, 5.41) is 4.43. The Morgan fingerprint density at radius 1 is 1.28 bits per heavy atom. The van der Waals surface area contributed by atoms with Gasteiger partial charge in [-0.1, -0.05) is 11.6 Å². The van der Waals surface area contributed by atoms with Gasteiger partial charge in [-0.05, 0) is 82.6 Å². The van der Waals surface area contributed by atoms with E-state index in [0.717, 1.165) is 42.2 Å². The highest BCUT2D eigenvalue weighted by molar-refractivity contribution is 6.31. The fraction of sp³-hybridized carbons (Fsp3) is 0.650. The fourth-order valence-electron chi connectivity index (χ4n) is 3.96. The van der Waals surface area contributed by atoms with Crippen molar-refractivity contribution in [3.05, 3.63) is 28.8 Å². The molecule has 1 N–H and O–H groups in total. The lowest BCUT2D eigenvalue weighted by Gasteiger charge is -2.52. The molecule has 0 aromatic heterocycles. The average molecular weight is 365 g/mol. The smallest absolute Gasteiger partial charge is 0.410 e. The zero-order valence-electron chi connectivity index (χ0n) is 15.7. The van der Waals surface area contributed by atoms with Gasteiger partial charge in [0.1, 0.15) is 5.60 Å². The molecule has 1 aromatic rings. The molecule has 1 aliphatic heterocycles. The molecule has 4 nitrogen and oxygen atoms in total. The van der Waals surface area contributed by atoms with Crippen LogP contribution in [-0.4, -0.2) is 35.7 Å². The molecule has 138 valence electrons.